The Labute approximate surface area is 119 Å². The molecule has 1 saturated carbocycles. The quantitative estimate of drug-likeness (QED) is 0.801. The Morgan fingerprint density at radius 1 is 1.40 bits per heavy atom. The fourth-order valence-corrected chi connectivity index (χ4v) is 3.32. The van der Waals surface area contributed by atoms with Crippen LogP contribution in [0.15, 0.2) is 24.3 Å². The summed E-state index contributed by atoms with van der Waals surface area (Å²) in [6.45, 7) is 7.19. The zero-order valence-electron chi connectivity index (χ0n) is 12.3. The van der Waals surface area contributed by atoms with Crippen molar-refractivity contribution in [2.45, 2.75) is 38.2 Å². The van der Waals surface area contributed by atoms with Crippen molar-refractivity contribution in [3.63, 3.8) is 0 Å². The molecule has 3 rings (SSSR count). The third kappa shape index (κ3) is 2.13. The van der Waals surface area contributed by atoms with Crippen LogP contribution in [0.3, 0.4) is 0 Å². The molecule has 2 atom stereocenters. The molecule has 4 nitrogen and oxygen atoms in total. The zero-order chi connectivity index (χ0) is 14.5. The summed E-state index contributed by atoms with van der Waals surface area (Å²) in [5.74, 6) is 0.528. The van der Waals surface area contributed by atoms with Gasteiger partial charge in [-0.15, -0.1) is 0 Å². The van der Waals surface area contributed by atoms with E-state index in [0.717, 1.165) is 25.2 Å². The number of hydrogen-bond donors (Lipinski definition) is 1. The third-order valence-corrected chi connectivity index (χ3v) is 4.29. The Morgan fingerprint density at radius 3 is 2.75 bits per heavy atom. The Hall–Kier alpha value is -1.71. The summed E-state index contributed by atoms with van der Waals surface area (Å²) < 4.78 is 5.46. The minimum absolute atomic E-state index is 0.0717. The molecule has 0 aromatic heterocycles. The maximum atomic E-state index is 12.2. The first-order chi connectivity index (χ1) is 9.32. The predicted molar refractivity (Wildman–Crippen MR) is 78.4 cm³/mol. The van der Waals surface area contributed by atoms with E-state index in [0.29, 0.717) is 5.92 Å². The molecule has 2 aliphatic rings. The summed E-state index contributed by atoms with van der Waals surface area (Å²) in [4.78, 5) is 14.0. The predicted octanol–water partition coefficient (Wildman–Crippen LogP) is 2.78. The number of rotatable bonds is 1. The summed E-state index contributed by atoms with van der Waals surface area (Å²) >= 11 is 0. The molecule has 2 fully saturated rings. The van der Waals surface area contributed by atoms with Crippen LogP contribution in [0, 0.1) is 5.92 Å². The lowest BCUT2D eigenvalue weighted by atomic mass is 9.93. The van der Waals surface area contributed by atoms with Crippen molar-refractivity contribution in [3.05, 3.63) is 29.8 Å². The van der Waals surface area contributed by atoms with E-state index < -0.39 is 5.60 Å². The van der Waals surface area contributed by atoms with E-state index in [1.54, 1.807) is 0 Å². The molecular weight excluding hydrogens is 252 g/mol. The summed E-state index contributed by atoms with van der Waals surface area (Å²) in [7, 11) is 0. The van der Waals surface area contributed by atoms with E-state index in [1.807, 2.05) is 43.9 Å². The van der Waals surface area contributed by atoms with Gasteiger partial charge in [-0.1, -0.05) is 18.2 Å². The highest BCUT2D eigenvalue weighted by molar-refractivity contribution is 5.70. The average Bonchev–Trinajstić information content (AvgIpc) is 2.90. The van der Waals surface area contributed by atoms with Crippen molar-refractivity contribution < 1.29 is 9.53 Å². The van der Waals surface area contributed by atoms with Crippen LogP contribution in [0.2, 0.25) is 0 Å². The van der Waals surface area contributed by atoms with Crippen LogP contribution in [0.4, 0.5) is 10.5 Å². The van der Waals surface area contributed by atoms with Crippen molar-refractivity contribution in [3.8, 4) is 0 Å². The highest BCUT2D eigenvalue weighted by Gasteiger charge is 2.62. The lowest BCUT2D eigenvalue weighted by Gasteiger charge is -2.26. The molecule has 1 amide bonds. The van der Waals surface area contributed by atoms with E-state index in [9.17, 15) is 4.79 Å². The Morgan fingerprint density at radius 2 is 2.10 bits per heavy atom. The molecule has 0 spiro atoms. The van der Waals surface area contributed by atoms with Crippen molar-refractivity contribution in [1.29, 1.82) is 0 Å². The molecule has 0 bridgehead atoms. The second-order valence-electron chi connectivity index (χ2n) is 7.01. The number of nitrogen functional groups attached to an aromatic ring is 1. The standard InChI is InChI=1S/C16H22N2O2/c1-15(2,3)20-14(19)18-9-11-8-16(11,10-18)12-6-4-5-7-13(12)17/h4-7,11H,8-10,17H2,1-3H3. The molecule has 4 heteroatoms. The first-order valence-corrected chi connectivity index (χ1v) is 7.15. The molecule has 0 radical (unpaired) electrons. The van der Waals surface area contributed by atoms with Crippen LogP contribution < -0.4 is 5.73 Å². The number of carbonyl (C=O) groups excluding carboxylic acids is 1. The number of nitrogens with two attached hydrogens (primary N) is 1. The van der Waals surface area contributed by atoms with Crippen molar-refractivity contribution in [2.75, 3.05) is 18.8 Å². The fourth-order valence-electron chi connectivity index (χ4n) is 3.32. The largest absolute Gasteiger partial charge is 0.444 e. The van der Waals surface area contributed by atoms with Crippen LogP contribution in [0.25, 0.3) is 0 Å². The van der Waals surface area contributed by atoms with Gasteiger partial charge in [-0.2, -0.15) is 0 Å². The molecule has 1 heterocycles. The smallest absolute Gasteiger partial charge is 0.410 e. The van der Waals surface area contributed by atoms with Gasteiger partial charge in [0.25, 0.3) is 0 Å². The maximum absolute atomic E-state index is 12.2. The van der Waals surface area contributed by atoms with Gasteiger partial charge in [-0.3, -0.25) is 0 Å². The molecule has 1 aromatic rings. The number of para-hydroxylation sites is 1. The van der Waals surface area contributed by atoms with Crippen LogP contribution in [0.5, 0.6) is 0 Å². The first kappa shape index (κ1) is 13.3. The SMILES string of the molecule is CC(C)(C)OC(=O)N1CC2CC2(c2ccccc2N)C1. The second kappa shape index (κ2) is 4.14. The van der Waals surface area contributed by atoms with Gasteiger partial charge < -0.3 is 15.4 Å². The minimum Gasteiger partial charge on any atom is -0.444 e. The molecule has 1 saturated heterocycles. The van der Waals surface area contributed by atoms with E-state index in [-0.39, 0.29) is 11.5 Å². The first-order valence-electron chi connectivity index (χ1n) is 7.15. The topological polar surface area (TPSA) is 55.6 Å². The van der Waals surface area contributed by atoms with Gasteiger partial charge in [0, 0.05) is 24.2 Å². The van der Waals surface area contributed by atoms with E-state index in [1.165, 1.54) is 5.56 Å². The average molecular weight is 274 g/mol. The van der Waals surface area contributed by atoms with Gasteiger partial charge in [0.1, 0.15) is 5.60 Å². The summed E-state index contributed by atoms with van der Waals surface area (Å²) in [6.07, 6.45) is 0.916. The maximum Gasteiger partial charge on any atom is 0.410 e. The number of amides is 1. The number of piperidine rings is 1. The lowest BCUT2D eigenvalue weighted by molar-refractivity contribution is 0.0270. The minimum atomic E-state index is -0.442. The van der Waals surface area contributed by atoms with E-state index in [4.69, 9.17) is 10.5 Å². The molecule has 1 aliphatic carbocycles. The molecule has 2 unspecified atom stereocenters. The fraction of sp³-hybridized carbons (Fsp3) is 0.562. The number of carbonyl (C=O) groups is 1. The van der Waals surface area contributed by atoms with Crippen molar-refractivity contribution in [1.82, 2.24) is 4.90 Å². The molecule has 1 aliphatic heterocycles. The molecule has 1 aromatic carbocycles. The number of nitrogens with zero attached hydrogens (tertiary/aromatic N) is 1. The molecule has 20 heavy (non-hydrogen) atoms. The summed E-state index contributed by atoms with van der Waals surface area (Å²) in [6, 6.07) is 8.00. The zero-order valence-corrected chi connectivity index (χ0v) is 12.3. The number of fused-ring (bicyclic) bond motifs is 1. The lowest BCUT2D eigenvalue weighted by Crippen LogP contribution is -2.37. The van der Waals surface area contributed by atoms with Crippen LogP contribution in [-0.2, 0) is 10.2 Å². The third-order valence-electron chi connectivity index (χ3n) is 4.29. The normalized spacial score (nSPS) is 28.1. The van der Waals surface area contributed by atoms with Gasteiger partial charge >= 0.3 is 6.09 Å². The molecule has 108 valence electrons. The van der Waals surface area contributed by atoms with Gasteiger partial charge in [-0.05, 0) is 44.7 Å². The number of likely N-dealkylation sites (tertiary alicyclic amines) is 1. The molecular formula is C16H22N2O2. The highest BCUT2D eigenvalue weighted by atomic mass is 16.6. The number of hydrogen-bond acceptors (Lipinski definition) is 3. The van der Waals surface area contributed by atoms with Crippen molar-refractivity contribution in [2.24, 2.45) is 5.92 Å². The van der Waals surface area contributed by atoms with Crippen LogP contribution in [0.1, 0.15) is 32.8 Å². The van der Waals surface area contributed by atoms with Gasteiger partial charge in [0.2, 0.25) is 0 Å². The van der Waals surface area contributed by atoms with Gasteiger partial charge in [-0.25, -0.2) is 4.79 Å². The second-order valence-corrected chi connectivity index (χ2v) is 7.01. The van der Waals surface area contributed by atoms with E-state index >= 15 is 0 Å². The highest BCUT2D eigenvalue weighted by Crippen LogP contribution is 2.60. The Balaban J connectivity index is 1.75. The Bertz CT molecular complexity index is 550. The monoisotopic (exact) mass is 274 g/mol. The number of benzene rings is 1. The number of anilines is 1. The van der Waals surface area contributed by atoms with E-state index in [2.05, 4.69) is 6.07 Å². The molecule has 2 N–H and O–H groups in total. The number of ether oxygens (including phenoxy) is 1. The Kier molecular flexibility index (Phi) is 2.75. The summed E-state index contributed by atoms with van der Waals surface area (Å²) in [5.41, 5.74) is 7.76. The van der Waals surface area contributed by atoms with Gasteiger partial charge in [0.05, 0.1) is 0 Å². The van der Waals surface area contributed by atoms with Gasteiger partial charge in [0.15, 0.2) is 0 Å². The summed E-state index contributed by atoms with van der Waals surface area (Å²) in [5, 5.41) is 0. The van der Waals surface area contributed by atoms with Crippen LogP contribution in [-0.4, -0.2) is 29.7 Å². The van der Waals surface area contributed by atoms with Crippen molar-refractivity contribution >= 4 is 11.8 Å². The van der Waals surface area contributed by atoms with Crippen LogP contribution >= 0.6 is 0 Å².